The molecule has 3 heterocycles. The Kier molecular flexibility index (Phi) is 4.63. The number of likely N-dealkylation sites (tertiary alicyclic amines) is 2. The molecule has 2 aliphatic rings. The molecule has 1 aromatic carbocycles. The molecule has 2 saturated heterocycles. The molecule has 0 spiro atoms. The van der Waals surface area contributed by atoms with Crippen molar-refractivity contribution in [2.45, 2.75) is 57.8 Å². The predicted molar refractivity (Wildman–Crippen MR) is 92.3 cm³/mol. The average Bonchev–Trinajstić information content (AvgIpc) is 3.31. The Balaban J connectivity index is 1.44. The lowest BCUT2D eigenvalue weighted by atomic mass is 10.0. The molecule has 0 aliphatic carbocycles. The highest BCUT2D eigenvalue weighted by Crippen LogP contribution is 2.31. The van der Waals surface area contributed by atoms with Gasteiger partial charge in [-0.2, -0.15) is 0 Å². The maximum absolute atomic E-state index is 5.60. The monoisotopic (exact) mass is 326 g/mol. The summed E-state index contributed by atoms with van der Waals surface area (Å²) in [6.45, 7) is 6.07. The molecular formula is C19H26N4O. The van der Waals surface area contributed by atoms with Gasteiger partial charge in [0.2, 0.25) is 11.8 Å². The first-order chi connectivity index (χ1) is 11.8. The van der Waals surface area contributed by atoms with Crippen LogP contribution in [0, 0.1) is 6.92 Å². The van der Waals surface area contributed by atoms with Crippen molar-refractivity contribution in [3.63, 3.8) is 0 Å². The van der Waals surface area contributed by atoms with Crippen LogP contribution < -0.4 is 0 Å². The van der Waals surface area contributed by atoms with Gasteiger partial charge in [-0.3, -0.25) is 9.80 Å². The normalized spacial score (nSPS) is 25.5. The van der Waals surface area contributed by atoms with E-state index in [4.69, 9.17) is 4.42 Å². The molecule has 1 aromatic heterocycles. The van der Waals surface area contributed by atoms with E-state index >= 15 is 0 Å². The van der Waals surface area contributed by atoms with Crippen molar-refractivity contribution in [3.8, 4) is 0 Å². The van der Waals surface area contributed by atoms with Gasteiger partial charge in [0.1, 0.15) is 0 Å². The zero-order chi connectivity index (χ0) is 16.4. The zero-order valence-electron chi connectivity index (χ0n) is 14.4. The molecule has 0 saturated carbocycles. The Bertz CT molecular complexity index is 656. The lowest BCUT2D eigenvalue weighted by Crippen LogP contribution is -2.45. The molecule has 128 valence electrons. The molecular weight excluding hydrogens is 300 g/mol. The lowest BCUT2D eigenvalue weighted by Gasteiger charge is -2.34. The fourth-order valence-corrected chi connectivity index (χ4v) is 4.36. The van der Waals surface area contributed by atoms with E-state index in [9.17, 15) is 0 Å². The third-order valence-electron chi connectivity index (χ3n) is 5.41. The van der Waals surface area contributed by atoms with Gasteiger partial charge in [-0.15, -0.1) is 10.2 Å². The number of aromatic nitrogens is 2. The van der Waals surface area contributed by atoms with Gasteiger partial charge in [0.25, 0.3) is 0 Å². The highest BCUT2D eigenvalue weighted by Gasteiger charge is 2.38. The van der Waals surface area contributed by atoms with Gasteiger partial charge in [-0.25, -0.2) is 0 Å². The Morgan fingerprint density at radius 1 is 0.958 bits per heavy atom. The first-order valence-electron chi connectivity index (χ1n) is 9.10. The second-order valence-corrected chi connectivity index (χ2v) is 7.06. The molecule has 0 N–H and O–H groups in total. The predicted octanol–water partition coefficient (Wildman–Crippen LogP) is 3.01. The van der Waals surface area contributed by atoms with Crippen molar-refractivity contribution in [2.24, 2.45) is 0 Å². The van der Waals surface area contributed by atoms with Gasteiger partial charge in [0.15, 0.2) is 0 Å². The van der Waals surface area contributed by atoms with Crippen LogP contribution in [-0.2, 0) is 13.1 Å². The third kappa shape index (κ3) is 3.37. The highest BCUT2D eigenvalue weighted by molar-refractivity contribution is 5.15. The summed E-state index contributed by atoms with van der Waals surface area (Å²) >= 11 is 0. The minimum atomic E-state index is 0.614. The quantitative estimate of drug-likeness (QED) is 0.845. The summed E-state index contributed by atoms with van der Waals surface area (Å²) in [5.41, 5.74) is 1.42. The van der Waals surface area contributed by atoms with E-state index in [1.54, 1.807) is 0 Å². The molecule has 2 aromatic rings. The molecule has 0 amide bonds. The van der Waals surface area contributed by atoms with E-state index in [0.717, 1.165) is 25.5 Å². The van der Waals surface area contributed by atoms with Crippen molar-refractivity contribution >= 4 is 0 Å². The first kappa shape index (κ1) is 15.8. The maximum Gasteiger partial charge on any atom is 0.230 e. The Morgan fingerprint density at radius 3 is 2.25 bits per heavy atom. The summed E-state index contributed by atoms with van der Waals surface area (Å²) in [5, 5.41) is 8.15. The zero-order valence-corrected chi connectivity index (χ0v) is 14.4. The summed E-state index contributed by atoms with van der Waals surface area (Å²) < 4.78 is 5.60. The van der Waals surface area contributed by atoms with Crippen molar-refractivity contribution in [1.29, 1.82) is 0 Å². The SMILES string of the molecule is Cc1nnc(CN2CCC[C@@H]2[C@@H]2CCCN2Cc2ccccc2)o1. The summed E-state index contributed by atoms with van der Waals surface area (Å²) in [5.74, 6) is 1.42. The summed E-state index contributed by atoms with van der Waals surface area (Å²) in [7, 11) is 0. The maximum atomic E-state index is 5.60. The minimum Gasteiger partial charge on any atom is -0.424 e. The van der Waals surface area contributed by atoms with Crippen LogP contribution in [0.5, 0.6) is 0 Å². The van der Waals surface area contributed by atoms with Crippen LogP contribution in [0.1, 0.15) is 43.0 Å². The van der Waals surface area contributed by atoms with E-state index < -0.39 is 0 Å². The fourth-order valence-electron chi connectivity index (χ4n) is 4.36. The first-order valence-corrected chi connectivity index (χ1v) is 9.10. The molecule has 4 rings (SSSR count). The second kappa shape index (κ2) is 7.03. The van der Waals surface area contributed by atoms with Gasteiger partial charge in [0.05, 0.1) is 6.54 Å². The van der Waals surface area contributed by atoms with Gasteiger partial charge in [-0.1, -0.05) is 30.3 Å². The Labute approximate surface area is 143 Å². The van der Waals surface area contributed by atoms with Crippen LogP contribution in [0.3, 0.4) is 0 Å². The topological polar surface area (TPSA) is 45.4 Å². The van der Waals surface area contributed by atoms with Gasteiger partial charge < -0.3 is 4.42 Å². The standard InChI is InChI=1S/C19H26N4O/c1-15-20-21-19(24-15)14-23-12-6-10-18(23)17-9-5-11-22(17)13-16-7-3-2-4-8-16/h2-4,7-8,17-18H,5-6,9-14H2,1H3/t17-,18+/m0/s1. The van der Waals surface area contributed by atoms with E-state index in [1.165, 1.54) is 37.8 Å². The van der Waals surface area contributed by atoms with Gasteiger partial charge in [-0.05, 0) is 44.3 Å². The minimum absolute atomic E-state index is 0.614. The van der Waals surface area contributed by atoms with E-state index in [1.807, 2.05) is 6.92 Å². The van der Waals surface area contributed by atoms with Crippen LogP contribution in [0.4, 0.5) is 0 Å². The number of rotatable bonds is 5. The molecule has 0 unspecified atom stereocenters. The number of hydrogen-bond donors (Lipinski definition) is 0. The molecule has 0 radical (unpaired) electrons. The highest BCUT2D eigenvalue weighted by atomic mass is 16.4. The van der Waals surface area contributed by atoms with Crippen LogP contribution >= 0.6 is 0 Å². The van der Waals surface area contributed by atoms with Gasteiger partial charge in [0, 0.05) is 25.6 Å². The number of aryl methyl sites for hydroxylation is 1. The molecule has 0 bridgehead atoms. The van der Waals surface area contributed by atoms with Gasteiger partial charge >= 0.3 is 0 Å². The van der Waals surface area contributed by atoms with Crippen LogP contribution in [0.25, 0.3) is 0 Å². The van der Waals surface area contributed by atoms with Crippen molar-refractivity contribution in [1.82, 2.24) is 20.0 Å². The summed E-state index contributed by atoms with van der Waals surface area (Å²) in [4.78, 5) is 5.23. The third-order valence-corrected chi connectivity index (χ3v) is 5.41. The van der Waals surface area contributed by atoms with Crippen LogP contribution in [-0.4, -0.2) is 45.2 Å². The Morgan fingerprint density at radius 2 is 1.62 bits per heavy atom. The molecule has 24 heavy (non-hydrogen) atoms. The molecule has 5 nitrogen and oxygen atoms in total. The Hall–Kier alpha value is -1.72. The largest absolute Gasteiger partial charge is 0.424 e. The molecule has 2 aliphatic heterocycles. The average molecular weight is 326 g/mol. The molecule has 5 heteroatoms. The van der Waals surface area contributed by atoms with Crippen LogP contribution in [0.2, 0.25) is 0 Å². The van der Waals surface area contributed by atoms with Crippen LogP contribution in [0.15, 0.2) is 34.7 Å². The van der Waals surface area contributed by atoms with E-state index in [0.29, 0.717) is 18.0 Å². The smallest absolute Gasteiger partial charge is 0.230 e. The van der Waals surface area contributed by atoms with Crippen molar-refractivity contribution in [3.05, 3.63) is 47.7 Å². The molecule has 2 fully saturated rings. The summed E-state index contributed by atoms with van der Waals surface area (Å²) in [6.07, 6.45) is 5.16. The molecule has 2 atom stereocenters. The number of nitrogens with zero attached hydrogens (tertiary/aromatic N) is 4. The van der Waals surface area contributed by atoms with E-state index in [-0.39, 0.29) is 0 Å². The van der Waals surface area contributed by atoms with E-state index in [2.05, 4.69) is 50.3 Å². The summed E-state index contributed by atoms with van der Waals surface area (Å²) in [6, 6.07) is 12.1. The van der Waals surface area contributed by atoms with Crippen molar-refractivity contribution in [2.75, 3.05) is 13.1 Å². The number of hydrogen-bond acceptors (Lipinski definition) is 5. The lowest BCUT2D eigenvalue weighted by molar-refractivity contribution is 0.117. The number of benzene rings is 1. The van der Waals surface area contributed by atoms with Crippen molar-refractivity contribution < 1.29 is 4.42 Å². The fraction of sp³-hybridized carbons (Fsp3) is 0.579. The second-order valence-electron chi connectivity index (χ2n) is 7.06.